The highest BCUT2D eigenvalue weighted by Gasteiger charge is 2.05. The minimum Gasteiger partial charge on any atom is -0.347 e. The van der Waals surface area contributed by atoms with Crippen LogP contribution in [0.5, 0.6) is 0 Å². The Morgan fingerprint density at radius 3 is 2.83 bits per heavy atom. The molecular weight excluding hydrogens is 224 g/mol. The first kappa shape index (κ1) is 12.8. The summed E-state index contributed by atoms with van der Waals surface area (Å²) in [5.41, 5.74) is 1.12. The number of hydrogen-bond acceptors (Lipinski definition) is 2. The van der Waals surface area contributed by atoms with E-state index in [1.165, 1.54) is 0 Å². The zero-order valence-corrected chi connectivity index (χ0v) is 11.0. The second kappa shape index (κ2) is 5.83. The van der Waals surface area contributed by atoms with E-state index >= 15 is 0 Å². The van der Waals surface area contributed by atoms with Gasteiger partial charge in [0.25, 0.3) is 0 Å². The van der Waals surface area contributed by atoms with Crippen molar-refractivity contribution >= 4 is 10.9 Å². The van der Waals surface area contributed by atoms with Crippen molar-refractivity contribution in [3.8, 4) is 0 Å². The highest BCUT2D eigenvalue weighted by molar-refractivity contribution is 5.78. The number of pyridine rings is 1. The van der Waals surface area contributed by atoms with Gasteiger partial charge < -0.3 is 9.88 Å². The van der Waals surface area contributed by atoms with Crippen LogP contribution in [0.1, 0.15) is 13.8 Å². The molecule has 1 aromatic heterocycles. The van der Waals surface area contributed by atoms with Crippen molar-refractivity contribution < 1.29 is 0 Å². The van der Waals surface area contributed by atoms with Crippen molar-refractivity contribution in [3.63, 3.8) is 0 Å². The average molecular weight is 244 g/mol. The van der Waals surface area contributed by atoms with E-state index in [1.54, 1.807) is 6.07 Å². The Kier molecular flexibility index (Phi) is 4.15. The molecule has 0 bridgehead atoms. The van der Waals surface area contributed by atoms with E-state index in [9.17, 15) is 4.79 Å². The molecule has 0 spiro atoms. The predicted molar refractivity (Wildman–Crippen MR) is 75.9 cm³/mol. The molecule has 3 heteroatoms. The van der Waals surface area contributed by atoms with Crippen LogP contribution in [0, 0.1) is 5.92 Å². The first-order valence-electron chi connectivity index (χ1n) is 6.51. The van der Waals surface area contributed by atoms with E-state index in [1.807, 2.05) is 30.5 Å². The third kappa shape index (κ3) is 2.79. The largest absolute Gasteiger partial charge is 0.347 e. The van der Waals surface area contributed by atoms with E-state index in [0.717, 1.165) is 30.5 Å². The molecule has 96 valence electrons. The van der Waals surface area contributed by atoms with Crippen LogP contribution in [0.15, 0.2) is 41.3 Å². The van der Waals surface area contributed by atoms with Gasteiger partial charge in [-0.2, -0.15) is 0 Å². The van der Waals surface area contributed by atoms with Crippen molar-refractivity contribution in [2.24, 2.45) is 5.92 Å². The fraction of sp³-hybridized carbons (Fsp3) is 0.400. The molecule has 2 rings (SSSR count). The van der Waals surface area contributed by atoms with E-state index in [4.69, 9.17) is 0 Å². The number of nitrogens with zero attached hydrogens (tertiary/aromatic N) is 1. The summed E-state index contributed by atoms with van der Waals surface area (Å²) in [5.74, 6) is 0.538. The van der Waals surface area contributed by atoms with Crippen molar-refractivity contribution in [3.05, 3.63) is 46.8 Å². The monoisotopic (exact) mass is 244 g/mol. The summed E-state index contributed by atoms with van der Waals surface area (Å²) in [6, 6.07) is 9.45. The lowest BCUT2D eigenvalue weighted by molar-refractivity contribution is 0.457. The molecule has 1 N–H and O–H groups in total. The van der Waals surface area contributed by atoms with E-state index in [2.05, 4.69) is 23.7 Å². The van der Waals surface area contributed by atoms with E-state index in [-0.39, 0.29) is 5.43 Å². The van der Waals surface area contributed by atoms with Gasteiger partial charge in [-0.05, 0) is 31.1 Å². The molecule has 18 heavy (non-hydrogen) atoms. The summed E-state index contributed by atoms with van der Waals surface area (Å²) in [5, 5.41) is 4.15. The van der Waals surface area contributed by atoms with Gasteiger partial charge >= 0.3 is 0 Å². The third-order valence-corrected chi connectivity index (χ3v) is 3.14. The summed E-state index contributed by atoms with van der Waals surface area (Å²) in [6.45, 7) is 7.25. The number of para-hydroxylation sites is 1. The topological polar surface area (TPSA) is 34.0 Å². The maximum absolute atomic E-state index is 11.8. The van der Waals surface area contributed by atoms with Crippen LogP contribution in [-0.2, 0) is 6.54 Å². The summed E-state index contributed by atoms with van der Waals surface area (Å²) in [7, 11) is 0. The Morgan fingerprint density at radius 2 is 2.06 bits per heavy atom. The smallest absolute Gasteiger partial charge is 0.189 e. The van der Waals surface area contributed by atoms with Crippen molar-refractivity contribution in [1.82, 2.24) is 9.88 Å². The van der Waals surface area contributed by atoms with Crippen LogP contribution in [0.4, 0.5) is 0 Å². The van der Waals surface area contributed by atoms with Gasteiger partial charge in [-0.1, -0.05) is 26.0 Å². The van der Waals surface area contributed by atoms with Crippen LogP contribution in [0.25, 0.3) is 10.9 Å². The number of benzene rings is 1. The van der Waals surface area contributed by atoms with Crippen molar-refractivity contribution in [2.75, 3.05) is 13.1 Å². The first-order valence-corrected chi connectivity index (χ1v) is 6.51. The maximum atomic E-state index is 11.8. The predicted octanol–water partition coefficient (Wildman–Crippen LogP) is 2.25. The van der Waals surface area contributed by atoms with Gasteiger partial charge in [-0.15, -0.1) is 0 Å². The minimum absolute atomic E-state index is 0.0983. The molecule has 1 unspecified atom stereocenters. The lowest BCUT2D eigenvalue weighted by Gasteiger charge is -2.16. The molecule has 0 amide bonds. The van der Waals surface area contributed by atoms with Crippen molar-refractivity contribution in [2.45, 2.75) is 20.4 Å². The number of nitrogens with one attached hydrogen (secondary N) is 1. The molecule has 1 heterocycles. The Labute approximate surface area is 107 Å². The number of aromatic nitrogens is 1. The molecule has 0 fully saturated rings. The maximum Gasteiger partial charge on any atom is 0.189 e. The quantitative estimate of drug-likeness (QED) is 0.875. The number of fused-ring (bicyclic) bond motifs is 1. The zero-order chi connectivity index (χ0) is 13.0. The molecule has 0 aliphatic rings. The minimum atomic E-state index is 0.0983. The lowest BCUT2D eigenvalue weighted by Crippen LogP contribution is -2.24. The van der Waals surface area contributed by atoms with E-state index in [0.29, 0.717) is 5.92 Å². The van der Waals surface area contributed by atoms with Crippen LogP contribution in [0.3, 0.4) is 0 Å². The van der Waals surface area contributed by atoms with Crippen LogP contribution in [0.2, 0.25) is 0 Å². The second-order valence-corrected chi connectivity index (χ2v) is 4.76. The molecule has 1 atom stereocenters. The fourth-order valence-electron chi connectivity index (χ4n) is 2.21. The van der Waals surface area contributed by atoms with Crippen LogP contribution < -0.4 is 10.7 Å². The average Bonchev–Trinajstić information content (AvgIpc) is 2.40. The van der Waals surface area contributed by atoms with E-state index < -0.39 is 0 Å². The summed E-state index contributed by atoms with van der Waals surface area (Å²) in [4.78, 5) is 11.8. The SMILES string of the molecule is CCNCC(C)Cn1ccc(=O)c2ccccc21. The molecular formula is C15H20N2O. The van der Waals surface area contributed by atoms with Gasteiger partial charge in [-0.3, -0.25) is 4.79 Å². The van der Waals surface area contributed by atoms with Crippen LogP contribution in [-0.4, -0.2) is 17.7 Å². The molecule has 2 aromatic rings. The Bertz CT molecular complexity index is 574. The lowest BCUT2D eigenvalue weighted by atomic mass is 10.1. The standard InChI is InChI=1S/C15H20N2O/c1-3-16-10-12(2)11-17-9-8-15(18)13-6-4-5-7-14(13)17/h4-9,12,16H,3,10-11H2,1-2H3. The fourth-order valence-corrected chi connectivity index (χ4v) is 2.21. The molecule has 0 aliphatic heterocycles. The summed E-state index contributed by atoms with van der Waals surface area (Å²) >= 11 is 0. The molecule has 3 nitrogen and oxygen atoms in total. The molecule has 0 radical (unpaired) electrons. The number of hydrogen-bond donors (Lipinski definition) is 1. The molecule has 0 aliphatic carbocycles. The summed E-state index contributed by atoms with van der Waals surface area (Å²) in [6.07, 6.45) is 1.90. The van der Waals surface area contributed by atoms with Crippen molar-refractivity contribution in [1.29, 1.82) is 0 Å². The zero-order valence-electron chi connectivity index (χ0n) is 11.0. The second-order valence-electron chi connectivity index (χ2n) is 4.76. The van der Waals surface area contributed by atoms with Gasteiger partial charge in [-0.25, -0.2) is 0 Å². The van der Waals surface area contributed by atoms with Gasteiger partial charge in [0.1, 0.15) is 0 Å². The first-order chi connectivity index (χ1) is 8.72. The molecule has 0 saturated heterocycles. The Morgan fingerprint density at radius 1 is 1.28 bits per heavy atom. The third-order valence-electron chi connectivity index (χ3n) is 3.14. The highest BCUT2D eigenvalue weighted by atomic mass is 16.1. The molecule has 0 saturated carbocycles. The van der Waals surface area contributed by atoms with Crippen LogP contribution >= 0.6 is 0 Å². The molecule has 1 aromatic carbocycles. The summed E-state index contributed by atoms with van der Waals surface area (Å²) < 4.78 is 2.17. The van der Waals surface area contributed by atoms with Gasteiger partial charge in [0.05, 0.1) is 5.52 Å². The normalized spacial score (nSPS) is 12.8. The Hall–Kier alpha value is -1.61. The van der Waals surface area contributed by atoms with Gasteiger partial charge in [0.2, 0.25) is 0 Å². The Balaban J connectivity index is 2.29. The number of rotatable bonds is 5. The van der Waals surface area contributed by atoms with Gasteiger partial charge in [0, 0.05) is 24.2 Å². The highest BCUT2D eigenvalue weighted by Crippen LogP contribution is 2.11. The van der Waals surface area contributed by atoms with Gasteiger partial charge in [0.15, 0.2) is 5.43 Å².